The average Bonchev–Trinajstić information content (AvgIpc) is 3.21. The molecule has 0 saturated carbocycles. The first-order valence-corrected chi connectivity index (χ1v) is 10.0. The van der Waals surface area contributed by atoms with Crippen LogP contribution >= 0.6 is 15.9 Å². The number of benzene rings is 2. The van der Waals surface area contributed by atoms with E-state index in [1.54, 1.807) is 67.7 Å². The third-order valence-corrected chi connectivity index (χ3v) is 4.79. The molecule has 0 fully saturated rings. The number of amides is 3. The summed E-state index contributed by atoms with van der Waals surface area (Å²) in [6.45, 7) is 0. The van der Waals surface area contributed by atoms with Gasteiger partial charge in [0.05, 0.1) is 13.5 Å². The first kappa shape index (κ1) is 22.1. The van der Waals surface area contributed by atoms with Crippen LogP contribution in [0.1, 0.15) is 16.1 Å². The standard InChI is InChI=1S/C22H20BrN3O5/c1-26(22(29)30-2)17-9-7-15(8-10-17)24-20(27)13-14-3-5-16(6-4-14)25-21(28)18-11-12-19(23)31-18/h3-12H,13H2,1-2H3,(H,24,27)(H,25,28). The average molecular weight is 486 g/mol. The molecule has 160 valence electrons. The van der Waals surface area contributed by atoms with E-state index in [-0.39, 0.29) is 24.0 Å². The number of carbonyl (C=O) groups excluding carboxylic acids is 3. The molecule has 0 radical (unpaired) electrons. The van der Waals surface area contributed by atoms with E-state index in [9.17, 15) is 14.4 Å². The molecule has 0 unspecified atom stereocenters. The Morgan fingerprint density at radius 3 is 2.13 bits per heavy atom. The Kier molecular flexibility index (Phi) is 7.09. The lowest BCUT2D eigenvalue weighted by Crippen LogP contribution is -2.25. The third kappa shape index (κ3) is 5.95. The Morgan fingerprint density at radius 1 is 0.935 bits per heavy atom. The van der Waals surface area contributed by atoms with Crippen LogP contribution in [0.2, 0.25) is 0 Å². The number of methoxy groups -OCH3 is 1. The van der Waals surface area contributed by atoms with Crippen LogP contribution in [0, 0.1) is 0 Å². The summed E-state index contributed by atoms with van der Waals surface area (Å²) in [5.74, 6) is -0.358. The molecule has 9 heteroatoms. The molecule has 2 aromatic carbocycles. The maximum Gasteiger partial charge on any atom is 0.413 e. The van der Waals surface area contributed by atoms with E-state index in [1.807, 2.05) is 0 Å². The van der Waals surface area contributed by atoms with Crippen molar-refractivity contribution in [1.82, 2.24) is 0 Å². The summed E-state index contributed by atoms with van der Waals surface area (Å²) in [5.41, 5.74) is 2.63. The molecule has 0 atom stereocenters. The zero-order valence-electron chi connectivity index (χ0n) is 16.8. The number of rotatable bonds is 6. The van der Waals surface area contributed by atoms with Crippen molar-refractivity contribution in [3.63, 3.8) is 0 Å². The molecule has 0 aliphatic rings. The molecule has 31 heavy (non-hydrogen) atoms. The quantitative estimate of drug-likeness (QED) is 0.527. The summed E-state index contributed by atoms with van der Waals surface area (Å²) in [4.78, 5) is 37.3. The van der Waals surface area contributed by atoms with Gasteiger partial charge in [-0.1, -0.05) is 12.1 Å². The number of furan rings is 1. The second-order valence-corrected chi connectivity index (χ2v) is 7.34. The van der Waals surface area contributed by atoms with E-state index in [4.69, 9.17) is 4.42 Å². The van der Waals surface area contributed by atoms with Crippen LogP contribution in [0.15, 0.2) is 69.8 Å². The maximum absolute atomic E-state index is 12.3. The molecule has 3 amide bonds. The van der Waals surface area contributed by atoms with Crippen molar-refractivity contribution < 1.29 is 23.5 Å². The molecule has 0 bridgehead atoms. The lowest BCUT2D eigenvalue weighted by atomic mass is 10.1. The molecule has 8 nitrogen and oxygen atoms in total. The summed E-state index contributed by atoms with van der Waals surface area (Å²) in [6.07, 6.45) is -0.308. The summed E-state index contributed by atoms with van der Waals surface area (Å²) in [5, 5.41) is 5.54. The van der Waals surface area contributed by atoms with Crippen LogP contribution in [0.3, 0.4) is 0 Å². The van der Waals surface area contributed by atoms with Gasteiger partial charge in [0.2, 0.25) is 5.91 Å². The fourth-order valence-corrected chi connectivity index (χ4v) is 3.04. The van der Waals surface area contributed by atoms with Crippen molar-refractivity contribution in [3.05, 3.63) is 76.7 Å². The third-order valence-electron chi connectivity index (χ3n) is 4.36. The van der Waals surface area contributed by atoms with Gasteiger partial charge in [0.25, 0.3) is 5.91 Å². The van der Waals surface area contributed by atoms with Gasteiger partial charge in [-0.15, -0.1) is 0 Å². The molecule has 2 N–H and O–H groups in total. The topological polar surface area (TPSA) is 101 Å². The molecule has 3 aromatic rings. The van der Waals surface area contributed by atoms with Crippen LogP contribution in [-0.2, 0) is 16.0 Å². The van der Waals surface area contributed by atoms with Crippen molar-refractivity contribution >= 4 is 50.9 Å². The highest BCUT2D eigenvalue weighted by Crippen LogP contribution is 2.19. The molecular formula is C22H20BrN3O5. The second-order valence-electron chi connectivity index (χ2n) is 6.56. The molecule has 0 aliphatic heterocycles. The number of carbonyl (C=O) groups is 3. The Bertz CT molecular complexity index is 1080. The first-order valence-electron chi connectivity index (χ1n) is 9.23. The molecule has 3 rings (SSSR count). The highest BCUT2D eigenvalue weighted by molar-refractivity contribution is 9.10. The monoisotopic (exact) mass is 485 g/mol. The highest BCUT2D eigenvalue weighted by Gasteiger charge is 2.12. The van der Waals surface area contributed by atoms with Crippen LogP contribution in [0.4, 0.5) is 21.9 Å². The van der Waals surface area contributed by atoms with Crippen LogP contribution in [0.25, 0.3) is 0 Å². The fraction of sp³-hybridized carbons (Fsp3) is 0.136. The number of anilines is 3. The van der Waals surface area contributed by atoms with E-state index < -0.39 is 6.09 Å². The van der Waals surface area contributed by atoms with E-state index in [0.29, 0.717) is 21.7 Å². The van der Waals surface area contributed by atoms with E-state index >= 15 is 0 Å². The summed E-state index contributed by atoms with van der Waals surface area (Å²) >= 11 is 3.16. The van der Waals surface area contributed by atoms with Gasteiger partial charge in [0.1, 0.15) is 0 Å². The van der Waals surface area contributed by atoms with Crippen molar-refractivity contribution in [2.75, 3.05) is 29.7 Å². The van der Waals surface area contributed by atoms with E-state index in [1.165, 1.54) is 12.0 Å². The number of hydrogen-bond donors (Lipinski definition) is 2. The normalized spacial score (nSPS) is 10.3. The van der Waals surface area contributed by atoms with Gasteiger partial charge >= 0.3 is 6.09 Å². The smallest absolute Gasteiger partial charge is 0.413 e. The SMILES string of the molecule is COC(=O)N(C)c1ccc(NC(=O)Cc2ccc(NC(=O)c3ccc(Br)o3)cc2)cc1. The van der Waals surface area contributed by atoms with Crippen molar-refractivity contribution in [2.45, 2.75) is 6.42 Å². The van der Waals surface area contributed by atoms with Crippen molar-refractivity contribution in [2.24, 2.45) is 0 Å². The van der Waals surface area contributed by atoms with E-state index in [2.05, 4.69) is 31.3 Å². The number of nitrogens with one attached hydrogen (secondary N) is 2. The van der Waals surface area contributed by atoms with Gasteiger partial charge in [0.15, 0.2) is 10.4 Å². The lowest BCUT2D eigenvalue weighted by molar-refractivity contribution is -0.115. The van der Waals surface area contributed by atoms with Crippen molar-refractivity contribution in [1.29, 1.82) is 0 Å². The zero-order chi connectivity index (χ0) is 22.4. The Labute approximate surface area is 187 Å². The largest absolute Gasteiger partial charge is 0.452 e. The van der Waals surface area contributed by atoms with Gasteiger partial charge in [0, 0.05) is 24.1 Å². The number of nitrogens with zero attached hydrogens (tertiary/aromatic N) is 1. The summed E-state index contributed by atoms with van der Waals surface area (Å²) < 4.78 is 10.4. The van der Waals surface area contributed by atoms with Gasteiger partial charge in [-0.05, 0) is 70.0 Å². The maximum atomic E-state index is 12.3. The fourth-order valence-electron chi connectivity index (χ4n) is 2.74. The molecule has 1 heterocycles. The van der Waals surface area contributed by atoms with E-state index in [0.717, 1.165) is 5.56 Å². The zero-order valence-corrected chi connectivity index (χ0v) is 18.4. The molecule has 0 saturated heterocycles. The molecular weight excluding hydrogens is 466 g/mol. The number of halogens is 1. The van der Waals surface area contributed by atoms with Gasteiger partial charge in [-0.25, -0.2) is 4.79 Å². The van der Waals surface area contributed by atoms with Crippen molar-refractivity contribution in [3.8, 4) is 0 Å². The minimum absolute atomic E-state index is 0.170. The lowest BCUT2D eigenvalue weighted by Gasteiger charge is -2.16. The second kappa shape index (κ2) is 9.94. The minimum atomic E-state index is -0.478. The number of hydrogen-bond acceptors (Lipinski definition) is 5. The summed E-state index contributed by atoms with van der Waals surface area (Å²) in [7, 11) is 2.91. The van der Waals surface area contributed by atoms with Crippen LogP contribution < -0.4 is 15.5 Å². The van der Waals surface area contributed by atoms with Crippen LogP contribution in [-0.4, -0.2) is 32.1 Å². The molecule has 0 aliphatic carbocycles. The highest BCUT2D eigenvalue weighted by atomic mass is 79.9. The predicted molar refractivity (Wildman–Crippen MR) is 120 cm³/mol. The molecule has 1 aromatic heterocycles. The Morgan fingerprint density at radius 2 is 1.55 bits per heavy atom. The summed E-state index contributed by atoms with van der Waals surface area (Å²) in [6, 6.07) is 17.0. The Balaban J connectivity index is 1.53. The first-order chi connectivity index (χ1) is 14.9. The predicted octanol–water partition coefficient (Wildman–Crippen LogP) is 4.68. The van der Waals surface area contributed by atoms with Gasteiger partial charge in [-0.3, -0.25) is 14.5 Å². The molecule has 0 spiro atoms. The minimum Gasteiger partial charge on any atom is -0.452 e. The Hall–Kier alpha value is -3.59. The van der Waals surface area contributed by atoms with Gasteiger partial charge in [-0.2, -0.15) is 0 Å². The number of ether oxygens (including phenoxy) is 1. The van der Waals surface area contributed by atoms with Crippen LogP contribution in [0.5, 0.6) is 0 Å². The van der Waals surface area contributed by atoms with Gasteiger partial charge < -0.3 is 19.8 Å².